The van der Waals surface area contributed by atoms with Crippen LogP contribution in [0.3, 0.4) is 0 Å². The van der Waals surface area contributed by atoms with E-state index in [2.05, 4.69) is 9.97 Å². The monoisotopic (exact) mass is 242 g/mol. The van der Waals surface area contributed by atoms with E-state index in [9.17, 15) is 4.79 Å². The molecule has 0 saturated carbocycles. The Morgan fingerprint density at radius 3 is 2.67 bits per heavy atom. The fourth-order valence-electron chi connectivity index (χ4n) is 1.77. The molecule has 1 aromatic heterocycles. The zero-order chi connectivity index (χ0) is 13.0. The van der Waals surface area contributed by atoms with E-state index in [4.69, 9.17) is 5.11 Å². The molecule has 4 nitrogen and oxygen atoms in total. The van der Waals surface area contributed by atoms with E-state index < -0.39 is 5.97 Å². The molecule has 0 radical (unpaired) electrons. The van der Waals surface area contributed by atoms with Gasteiger partial charge in [-0.1, -0.05) is 30.3 Å². The lowest BCUT2D eigenvalue weighted by Crippen LogP contribution is -2.02. The lowest BCUT2D eigenvalue weighted by Gasteiger charge is -2.08. The van der Waals surface area contributed by atoms with Gasteiger partial charge in [-0.15, -0.1) is 0 Å². The van der Waals surface area contributed by atoms with Crippen LogP contribution in [0.5, 0.6) is 0 Å². The summed E-state index contributed by atoms with van der Waals surface area (Å²) in [7, 11) is 0. The van der Waals surface area contributed by atoms with Crippen LogP contribution in [0.15, 0.2) is 36.5 Å². The van der Waals surface area contributed by atoms with Gasteiger partial charge in [0.1, 0.15) is 5.82 Å². The molecule has 92 valence electrons. The van der Waals surface area contributed by atoms with Crippen molar-refractivity contribution in [3.05, 3.63) is 47.9 Å². The molecule has 1 N–H and O–H groups in total. The molecular formula is C14H14N2O2. The maximum Gasteiger partial charge on any atom is 0.303 e. The highest BCUT2D eigenvalue weighted by atomic mass is 16.4. The lowest BCUT2D eigenvalue weighted by atomic mass is 10.0. The summed E-state index contributed by atoms with van der Waals surface area (Å²) in [5, 5.41) is 8.75. The van der Waals surface area contributed by atoms with E-state index in [1.807, 2.05) is 37.3 Å². The van der Waals surface area contributed by atoms with Crippen molar-refractivity contribution in [2.45, 2.75) is 19.8 Å². The van der Waals surface area contributed by atoms with Crippen molar-refractivity contribution < 1.29 is 9.90 Å². The van der Waals surface area contributed by atoms with Crippen molar-refractivity contribution in [2.24, 2.45) is 0 Å². The van der Waals surface area contributed by atoms with Gasteiger partial charge in [-0.25, -0.2) is 9.97 Å². The van der Waals surface area contributed by atoms with Crippen molar-refractivity contribution in [2.75, 3.05) is 0 Å². The zero-order valence-electron chi connectivity index (χ0n) is 10.1. The average Bonchev–Trinajstić information content (AvgIpc) is 2.38. The minimum absolute atomic E-state index is 0.0895. The van der Waals surface area contributed by atoms with Gasteiger partial charge in [0.15, 0.2) is 0 Å². The van der Waals surface area contributed by atoms with Crippen LogP contribution in [0.25, 0.3) is 11.3 Å². The molecule has 0 spiro atoms. The molecule has 0 atom stereocenters. The first-order valence-corrected chi connectivity index (χ1v) is 5.76. The zero-order valence-corrected chi connectivity index (χ0v) is 10.1. The molecule has 0 aliphatic rings. The average molecular weight is 242 g/mol. The van der Waals surface area contributed by atoms with Crippen LogP contribution in [0.1, 0.15) is 17.8 Å². The minimum atomic E-state index is -0.811. The number of aryl methyl sites for hydroxylation is 2. The Labute approximate surface area is 105 Å². The van der Waals surface area contributed by atoms with Crippen molar-refractivity contribution in [1.82, 2.24) is 9.97 Å². The molecule has 0 aliphatic heterocycles. The van der Waals surface area contributed by atoms with E-state index in [1.165, 1.54) is 0 Å². The molecule has 0 fully saturated rings. The molecule has 0 bridgehead atoms. The third-order valence-corrected chi connectivity index (χ3v) is 2.64. The second-order valence-electron chi connectivity index (χ2n) is 4.05. The number of rotatable bonds is 4. The minimum Gasteiger partial charge on any atom is -0.481 e. The molecule has 2 aromatic rings. The number of nitrogens with zero attached hydrogens (tertiary/aromatic N) is 2. The first-order chi connectivity index (χ1) is 8.66. The Morgan fingerprint density at radius 2 is 2.00 bits per heavy atom. The van der Waals surface area contributed by atoms with Gasteiger partial charge in [0.05, 0.1) is 5.69 Å². The summed E-state index contributed by atoms with van der Waals surface area (Å²) in [5.41, 5.74) is 2.68. The van der Waals surface area contributed by atoms with Gasteiger partial charge < -0.3 is 5.11 Å². The molecule has 0 aliphatic carbocycles. The predicted molar refractivity (Wildman–Crippen MR) is 68.2 cm³/mol. The van der Waals surface area contributed by atoms with E-state index in [1.54, 1.807) is 6.20 Å². The van der Waals surface area contributed by atoms with Gasteiger partial charge in [0, 0.05) is 18.2 Å². The summed E-state index contributed by atoms with van der Waals surface area (Å²) >= 11 is 0. The lowest BCUT2D eigenvalue weighted by molar-refractivity contribution is -0.136. The fraction of sp³-hybridized carbons (Fsp3) is 0.214. The molecular weight excluding hydrogens is 228 g/mol. The van der Waals surface area contributed by atoms with Crippen molar-refractivity contribution in [1.29, 1.82) is 0 Å². The van der Waals surface area contributed by atoms with E-state index in [0.717, 1.165) is 16.8 Å². The number of hydrogen-bond acceptors (Lipinski definition) is 3. The second-order valence-corrected chi connectivity index (χ2v) is 4.05. The molecule has 2 rings (SSSR count). The summed E-state index contributed by atoms with van der Waals surface area (Å²) in [6.45, 7) is 1.83. The van der Waals surface area contributed by atoms with Crippen molar-refractivity contribution in [3.8, 4) is 11.3 Å². The number of carboxylic acid groups (broad SMARTS) is 1. The number of carbonyl (C=O) groups is 1. The van der Waals surface area contributed by atoms with Gasteiger partial charge >= 0.3 is 5.97 Å². The first kappa shape index (κ1) is 12.2. The normalized spacial score (nSPS) is 10.3. The molecule has 18 heavy (non-hydrogen) atoms. The Morgan fingerprint density at radius 1 is 1.28 bits per heavy atom. The number of hydrogen-bond donors (Lipinski definition) is 1. The Kier molecular flexibility index (Phi) is 3.67. The summed E-state index contributed by atoms with van der Waals surface area (Å²) in [5.74, 6) is -0.123. The quantitative estimate of drug-likeness (QED) is 0.894. The van der Waals surface area contributed by atoms with Crippen LogP contribution in [0.2, 0.25) is 0 Å². The van der Waals surface area contributed by atoms with Gasteiger partial charge in [-0.05, 0) is 18.9 Å². The second kappa shape index (κ2) is 5.40. The van der Waals surface area contributed by atoms with Crippen LogP contribution in [-0.4, -0.2) is 21.0 Å². The highest BCUT2D eigenvalue weighted by Gasteiger charge is 2.09. The number of aromatic nitrogens is 2. The van der Waals surface area contributed by atoms with E-state index in [-0.39, 0.29) is 6.42 Å². The van der Waals surface area contributed by atoms with Crippen LogP contribution in [-0.2, 0) is 11.2 Å². The Hall–Kier alpha value is -2.23. The maximum absolute atomic E-state index is 10.6. The SMILES string of the molecule is Cc1ncc(CCC(=O)O)c(-c2ccccc2)n1. The third-order valence-electron chi connectivity index (χ3n) is 2.64. The van der Waals surface area contributed by atoms with Crippen LogP contribution < -0.4 is 0 Å². The molecule has 1 aromatic carbocycles. The fourth-order valence-corrected chi connectivity index (χ4v) is 1.77. The van der Waals surface area contributed by atoms with Gasteiger partial charge in [-0.3, -0.25) is 4.79 Å². The van der Waals surface area contributed by atoms with Gasteiger partial charge in [-0.2, -0.15) is 0 Å². The Balaban J connectivity index is 2.38. The van der Waals surface area contributed by atoms with Gasteiger partial charge in [0.2, 0.25) is 0 Å². The van der Waals surface area contributed by atoms with E-state index in [0.29, 0.717) is 12.2 Å². The smallest absolute Gasteiger partial charge is 0.303 e. The summed E-state index contributed by atoms with van der Waals surface area (Å²) < 4.78 is 0. The Bertz CT molecular complexity index is 553. The standard InChI is InChI=1S/C14H14N2O2/c1-10-15-9-12(7-8-13(17)18)14(16-10)11-5-3-2-4-6-11/h2-6,9H,7-8H2,1H3,(H,17,18). The van der Waals surface area contributed by atoms with Crippen molar-refractivity contribution >= 4 is 5.97 Å². The largest absolute Gasteiger partial charge is 0.481 e. The molecule has 4 heteroatoms. The van der Waals surface area contributed by atoms with E-state index >= 15 is 0 Å². The molecule has 0 amide bonds. The summed E-state index contributed by atoms with van der Waals surface area (Å²) in [6.07, 6.45) is 2.25. The van der Waals surface area contributed by atoms with Crippen molar-refractivity contribution in [3.63, 3.8) is 0 Å². The first-order valence-electron chi connectivity index (χ1n) is 5.76. The number of benzene rings is 1. The van der Waals surface area contributed by atoms with Crippen LogP contribution in [0, 0.1) is 6.92 Å². The summed E-state index contributed by atoms with van der Waals surface area (Å²) in [6, 6.07) is 9.74. The molecule has 0 unspecified atom stereocenters. The number of carboxylic acids is 1. The molecule has 1 heterocycles. The number of aliphatic carboxylic acids is 1. The van der Waals surface area contributed by atoms with Crippen LogP contribution >= 0.6 is 0 Å². The topological polar surface area (TPSA) is 63.1 Å². The highest BCUT2D eigenvalue weighted by molar-refractivity contribution is 5.68. The van der Waals surface area contributed by atoms with Crippen LogP contribution in [0.4, 0.5) is 0 Å². The van der Waals surface area contributed by atoms with Gasteiger partial charge in [0.25, 0.3) is 0 Å². The third kappa shape index (κ3) is 2.91. The maximum atomic E-state index is 10.6. The highest BCUT2D eigenvalue weighted by Crippen LogP contribution is 2.21. The predicted octanol–water partition coefficient (Wildman–Crippen LogP) is 2.47. The summed E-state index contributed by atoms with van der Waals surface area (Å²) in [4.78, 5) is 19.2. The molecule has 0 saturated heterocycles.